The van der Waals surface area contributed by atoms with Crippen LogP contribution < -0.4 is 10.6 Å². The van der Waals surface area contributed by atoms with Gasteiger partial charge in [0.25, 0.3) is 0 Å². The monoisotopic (exact) mass is 356 g/mol. The quantitative estimate of drug-likeness (QED) is 0.664. The van der Waals surface area contributed by atoms with E-state index in [1.165, 1.54) is 0 Å². The molecule has 0 aromatic heterocycles. The van der Waals surface area contributed by atoms with Gasteiger partial charge in [-0.1, -0.05) is 27.7 Å². The third-order valence-corrected chi connectivity index (χ3v) is 4.59. The Bertz CT molecular complexity index is 418. The Labute approximate surface area is 152 Å². The second-order valence-corrected chi connectivity index (χ2v) is 7.84. The highest BCUT2D eigenvalue weighted by molar-refractivity contribution is 5.81. The molecular weight excluding hydrogens is 320 g/mol. The summed E-state index contributed by atoms with van der Waals surface area (Å²) in [5.41, 5.74) is 0. The molecule has 1 aliphatic carbocycles. The van der Waals surface area contributed by atoms with Gasteiger partial charge in [-0.25, -0.2) is 0 Å². The first-order valence-electron chi connectivity index (χ1n) is 9.49. The van der Waals surface area contributed by atoms with Gasteiger partial charge in [-0.15, -0.1) is 0 Å². The van der Waals surface area contributed by atoms with Gasteiger partial charge in [0, 0.05) is 25.8 Å². The minimum absolute atomic E-state index is 0.0410. The molecule has 0 radical (unpaired) electrons. The summed E-state index contributed by atoms with van der Waals surface area (Å²) in [5.74, 6) is 0.470. The smallest absolute Gasteiger partial charge is 0.249 e. The van der Waals surface area contributed by atoms with Crippen LogP contribution in [0.1, 0.15) is 60.3 Å². The second kappa shape index (κ2) is 10.8. The lowest BCUT2D eigenvalue weighted by Crippen LogP contribution is -2.49. The molecule has 0 aromatic rings. The molecule has 6 nitrogen and oxygen atoms in total. The normalized spacial score (nSPS) is 23.4. The van der Waals surface area contributed by atoms with E-state index in [4.69, 9.17) is 9.47 Å². The Morgan fingerprint density at radius 1 is 0.920 bits per heavy atom. The van der Waals surface area contributed by atoms with E-state index in [1.54, 1.807) is 14.0 Å². The van der Waals surface area contributed by atoms with Gasteiger partial charge in [0.1, 0.15) is 12.2 Å². The maximum atomic E-state index is 12.2. The number of hydrogen-bond donors (Lipinski definition) is 2. The lowest BCUT2D eigenvalue weighted by Gasteiger charge is -2.31. The van der Waals surface area contributed by atoms with Crippen LogP contribution in [0.2, 0.25) is 0 Å². The van der Waals surface area contributed by atoms with Crippen LogP contribution in [0, 0.1) is 11.8 Å². The number of rotatable bonds is 9. The number of nitrogens with one attached hydrogen (secondary N) is 2. The zero-order chi connectivity index (χ0) is 19.0. The third-order valence-electron chi connectivity index (χ3n) is 4.59. The molecule has 146 valence electrons. The summed E-state index contributed by atoms with van der Waals surface area (Å²) in [6, 6.07) is 0.320. The molecule has 0 spiro atoms. The van der Waals surface area contributed by atoms with Crippen molar-refractivity contribution in [2.24, 2.45) is 11.8 Å². The van der Waals surface area contributed by atoms with Crippen molar-refractivity contribution in [3.05, 3.63) is 0 Å². The molecule has 0 bridgehead atoms. The average molecular weight is 357 g/mol. The van der Waals surface area contributed by atoms with Gasteiger partial charge in [-0.2, -0.15) is 0 Å². The van der Waals surface area contributed by atoms with Crippen molar-refractivity contribution < 1.29 is 19.1 Å². The summed E-state index contributed by atoms with van der Waals surface area (Å²) in [7, 11) is 1.57. The van der Waals surface area contributed by atoms with E-state index in [0.717, 1.165) is 25.7 Å². The molecule has 1 aliphatic rings. The molecule has 0 heterocycles. The van der Waals surface area contributed by atoms with Gasteiger partial charge in [-0.3, -0.25) is 9.59 Å². The highest BCUT2D eigenvalue weighted by Gasteiger charge is 2.28. The lowest BCUT2D eigenvalue weighted by molar-refractivity contribution is -0.135. The fourth-order valence-electron chi connectivity index (χ4n) is 3.08. The van der Waals surface area contributed by atoms with E-state index in [0.29, 0.717) is 12.5 Å². The maximum Gasteiger partial charge on any atom is 0.249 e. The van der Waals surface area contributed by atoms with E-state index in [-0.39, 0.29) is 29.8 Å². The summed E-state index contributed by atoms with van der Waals surface area (Å²) < 4.78 is 10.8. The first-order valence-corrected chi connectivity index (χ1v) is 9.49. The fourth-order valence-corrected chi connectivity index (χ4v) is 3.08. The Balaban J connectivity index is 2.33. The maximum absolute atomic E-state index is 12.2. The number of carbonyl (C=O) groups excluding carboxylic acids is 2. The largest absolute Gasteiger partial charge is 0.371 e. The molecule has 0 saturated heterocycles. The van der Waals surface area contributed by atoms with Crippen molar-refractivity contribution in [2.75, 3.05) is 13.7 Å². The molecule has 6 heteroatoms. The Kier molecular flexibility index (Phi) is 9.43. The number of methoxy groups -OCH3 is 1. The summed E-state index contributed by atoms with van der Waals surface area (Å²) in [4.78, 5) is 24.4. The topological polar surface area (TPSA) is 76.7 Å². The standard InChI is InChI=1S/C19H36N2O4/c1-12(2)11-25-14(5)18(22)20-15-7-9-16(10-8-15)21-19(23)17(24-6)13(3)4/h12-17H,7-11H2,1-6H3,(H,20,22)(H,21,23). The zero-order valence-electron chi connectivity index (χ0n) is 16.6. The molecular formula is C19H36N2O4. The average Bonchev–Trinajstić information content (AvgIpc) is 2.54. The Morgan fingerprint density at radius 3 is 1.80 bits per heavy atom. The van der Waals surface area contributed by atoms with Crippen molar-refractivity contribution in [3.63, 3.8) is 0 Å². The summed E-state index contributed by atoms with van der Waals surface area (Å²) in [6.45, 7) is 10.5. The highest BCUT2D eigenvalue weighted by Crippen LogP contribution is 2.19. The summed E-state index contributed by atoms with van der Waals surface area (Å²) in [5, 5.41) is 6.15. The molecule has 0 aliphatic heterocycles. The van der Waals surface area contributed by atoms with Crippen LogP contribution in [-0.4, -0.2) is 49.8 Å². The number of amides is 2. The van der Waals surface area contributed by atoms with E-state index < -0.39 is 12.2 Å². The van der Waals surface area contributed by atoms with Gasteiger partial charge < -0.3 is 20.1 Å². The third kappa shape index (κ3) is 7.74. The molecule has 1 saturated carbocycles. The predicted octanol–water partition coefficient (Wildman–Crippen LogP) is 2.26. The number of hydrogen-bond acceptors (Lipinski definition) is 4. The van der Waals surface area contributed by atoms with E-state index in [9.17, 15) is 9.59 Å². The van der Waals surface area contributed by atoms with Crippen molar-refractivity contribution in [1.29, 1.82) is 0 Å². The van der Waals surface area contributed by atoms with Gasteiger partial charge in [0.2, 0.25) is 11.8 Å². The summed E-state index contributed by atoms with van der Waals surface area (Å²) in [6.07, 6.45) is 2.64. The predicted molar refractivity (Wildman–Crippen MR) is 98.2 cm³/mol. The van der Waals surface area contributed by atoms with Crippen LogP contribution in [0.3, 0.4) is 0 Å². The van der Waals surface area contributed by atoms with Crippen LogP contribution >= 0.6 is 0 Å². The molecule has 2 atom stereocenters. The van der Waals surface area contributed by atoms with Crippen molar-refractivity contribution in [3.8, 4) is 0 Å². The molecule has 2 N–H and O–H groups in total. The minimum Gasteiger partial charge on any atom is -0.371 e. The van der Waals surface area contributed by atoms with Gasteiger partial charge in [-0.05, 0) is 44.4 Å². The van der Waals surface area contributed by atoms with Crippen LogP contribution in [0.4, 0.5) is 0 Å². The minimum atomic E-state index is -0.423. The van der Waals surface area contributed by atoms with Crippen molar-refractivity contribution in [2.45, 2.75) is 84.6 Å². The van der Waals surface area contributed by atoms with Gasteiger partial charge >= 0.3 is 0 Å². The van der Waals surface area contributed by atoms with Crippen molar-refractivity contribution in [1.82, 2.24) is 10.6 Å². The highest BCUT2D eigenvalue weighted by atomic mass is 16.5. The molecule has 2 amide bonds. The molecule has 25 heavy (non-hydrogen) atoms. The summed E-state index contributed by atoms with van der Waals surface area (Å²) >= 11 is 0. The number of ether oxygens (including phenoxy) is 2. The SMILES string of the molecule is COC(C(=O)NC1CCC(NC(=O)C(C)OCC(C)C)CC1)C(C)C. The molecule has 1 rings (SSSR count). The van der Waals surface area contributed by atoms with Crippen LogP contribution in [0.25, 0.3) is 0 Å². The Hall–Kier alpha value is -1.14. The first kappa shape index (κ1) is 21.9. The van der Waals surface area contributed by atoms with Crippen LogP contribution in [-0.2, 0) is 19.1 Å². The molecule has 0 aromatic carbocycles. The molecule has 1 fully saturated rings. The number of carbonyl (C=O) groups is 2. The van der Waals surface area contributed by atoms with Crippen molar-refractivity contribution >= 4 is 11.8 Å². The van der Waals surface area contributed by atoms with E-state index in [1.807, 2.05) is 13.8 Å². The van der Waals surface area contributed by atoms with Crippen LogP contribution in [0.15, 0.2) is 0 Å². The lowest BCUT2D eigenvalue weighted by atomic mass is 9.90. The van der Waals surface area contributed by atoms with E-state index in [2.05, 4.69) is 24.5 Å². The van der Waals surface area contributed by atoms with Gasteiger partial charge in [0.15, 0.2) is 0 Å². The molecule has 2 unspecified atom stereocenters. The first-order chi connectivity index (χ1) is 11.7. The van der Waals surface area contributed by atoms with Gasteiger partial charge in [0.05, 0.1) is 0 Å². The van der Waals surface area contributed by atoms with Crippen LogP contribution in [0.5, 0.6) is 0 Å². The fraction of sp³-hybridized carbons (Fsp3) is 0.895. The van der Waals surface area contributed by atoms with E-state index >= 15 is 0 Å². The second-order valence-electron chi connectivity index (χ2n) is 7.84. The zero-order valence-corrected chi connectivity index (χ0v) is 16.6. The Morgan fingerprint density at radius 2 is 1.40 bits per heavy atom.